The van der Waals surface area contributed by atoms with Gasteiger partial charge in [0.25, 0.3) is 0 Å². The zero-order valence-corrected chi connectivity index (χ0v) is 25.3. The summed E-state index contributed by atoms with van der Waals surface area (Å²) in [7, 11) is -1.03. The van der Waals surface area contributed by atoms with E-state index in [1.807, 2.05) is 16.9 Å². The summed E-state index contributed by atoms with van der Waals surface area (Å²) in [6.45, 7) is 9.05. The lowest BCUT2D eigenvalue weighted by Crippen LogP contribution is -2.22. The molecule has 30 heavy (non-hydrogen) atoms. The maximum absolute atomic E-state index is 5.73. The summed E-state index contributed by atoms with van der Waals surface area (Å²) < 4.78 is 11.6. The van der Waals surface area contributed by atoms with Crippen molar-refractivity contribution in [2.75, 3.05) is 6.61 Å². The van der Waals surface area contributed by atoms with Crippen molar-refractivity contribution in [2.24, 2.45) is 4.99 Å². The standard InChI is InChI=1S/C12H17BrIN3OSi.C7H4BrIN2/c1-19(2,3)5-4-18-8-17-12-10(11(14)16-17)6-9(13)7-15-12;8-4-1-5-6(10-2-4)3-11-7(5)9/h6-7H,4-5,8H2,1-3H3;1-2H,3H2. The van der Waals surface area contributed by atoms with Crippen LogP contribution in [0.3, 0.4) is 0 Å². The normalized spacial score (nSPS) is 13.1. The molecule has 0 aliphatic carbocycles. The third-order valence-corrected chi connectivity index (χ3v) is 8.54. The highest BCUT2D eigenvalue weighted by molar-refractivity contribution is 14.1. The molecule has 11 heteroatoms. The third kappa shape index (κ3) is 6.77. The molecule has 160 valence electrons. The van der Waals surface area contributed by atoms with Gasteiger partial charge in [-0.05, 0) is 95.2 Å². The second kappa shape index (κ2) is 10.8. The Morgan fingerprint density at radius 1 is 1.10 bits per heavy atom. The summed E-state index contributed by atoms with van der Waals surface area (Å²) in [5, 5.41) is 5.53. The van der Waals surface area contributed by atoms with Gasteiger partial charge in [0.1, 0.15) is 14.1 Å². The highest BCUT2D eigenvalue weighted by Gasteiger charge is 2.15. The van der Waals surface area contributed by atoms with Gasteiger partial charge in [0, 0.05) is 41.6 Å². The lowest BCUT2D eigenvalue weighted by molar-refractivity contribution is 0.0810. The Balaban J connectivity index is 0.000000196. The highest BCUT2D eigenvalue weighted by Crippen LogP contribution is 2.23. The van der Waals surface area contributed by atoms with Gasteiger partial charge >= 0.3 is 0 Å². The van der Waals surface area contributed by atoms with Gasteiger partial charge in [-0.1, -0.05) is 19.6 Å². The fraction of sp³-hybridized carbons (Fsp3) is 0.368. The second-order valence-corrected chi connectivity index (χ2v) is 17.4. The van der Waals surface area contributed by atoms with Crippen molar-refractivity contribution in [1.82, 2.24) is 19.7 Å². The van der Waals surface area contributed by atoms with Crippen LogP contribution in [0.1, 0.15) is 11.3 Å². The van der Waals surface area contributed by atoms with E-state index in [1.54, 1.807) is 6.20 Å². The summed E-state index contributed by atoms with van der Waals surface area (Å²) in [6.07, 6.45) is 3.60. The van der Waals surface area contributed by atoms with Gasteiger partial charge in [-0.25, -0.2) is 9.67 Å². The van der Waals surface area contributed by atoms with E-state index < -0.39 is 8.07 Å². The molecule has 0 bridgehead atoms. The quantitative estimate of drug-likeness (QED) is 0.166. The van der Waals surface area contributed by atoms with E-state index in [4.69, 9.17) is 4.74 Å². The molecule has 0 radical (unpaired) electrons. The van der Waals surface area contributed by atoms with Gasteiger partial charge in [0.15, 0.2) is 5.65 Å². The van der Waals surface area contributed by atoms with E-state index >= 15 is 0 Å². The number of ether oxygens (including phenoxy) is 1. The van der Waals surface area contributed by atoms with Gasteiger partial charge in [-0.15, -0.1) is 0 Å². The minimum atomic E-state index is -1.03. The van der Waals surface area contributed by atoms with Crippen LogP contribution in [0.25, 0.3) is 11.0 Å². The summed E-state index contributed by atoms with van der Waals surface area (Å²) in [5.41, 5.74) is 3.12. The zero-order chi connectivity index (χ0) is 21.9. The van der Waals surface area contributed by atoms with Crippen LogP contribution in [0.15, 0.2) is 38.5 Å². The number of pyridine rings is 2. The lowest BCUT2D eigenvalue weighted by atomic mass is 10.2. The van der Waals surface area contributed by atoms with Crippen molar-refractivity contribution in [1.29, 1.82) is 0 Å². The molecule has 3 aromatic heterocycles. The molecule has 0 aromatic carbocycles. The summed E-state index contributed by atoms with van der Waals surface area (Å²) >= 11 is 11.3. The largest absolute Gasteiger partial charge is 0.359 e. The number of aromatic nitrogens is 4. The Kier molecular flexibility index (Phi) is 8.86. The molecule has 3 aromatic rings. The number of fused-ring (bicyclic) bond motifs is 2. The van der Waals surface area contributed by atoms with Gasteiger partial charge < -0.3 is 4.74 Å². The van der Waals surface area contributed by atoms with Crippen LogP contribution in [0.4, 0.5) is 0 Å². The number of hydrogen-bond acceptors (Lipinski definition) is 5. The van der Waals surface area contributed by atoms with Crippen LogP contribution in [-0.2, 0) is 18.0 Å². The molecule has 1 aliphatic rings. The van der Waals surface area contributed by atoms with Crippen molar-refractivity contribution < 1.29 is 4.74 Å². The smallest absolute Gasteiger partial charge is 0.161 e. The van der Waals surface area contributed by atoms with Crippen molar-refractivity contribution in [2.45, 2.75) is 39.0 Å². The van der Waals surface area contributed by atoms with Crippen LogP contribution in [0, 0.1) is 3.70 Å². The third-order valence-electron chi connectivity index (χ3n) is 4.25. The second-order valence-electron chi connectivity index (χ2n) is 7.92. The Morgan fingerprint density at radius 2 is 1.80 bits per heavy atom. The Hall–Kier alpha value is 0.0369. The Labute approximate surface area is 221 Å². The number of aliphatic imine (C=N–C) groups is 1. The molecule has 0 spiro atoms. The van der Waals surface area contributed by atoms with Crippen molar-refractivity contribution in [3.8, 4) is 0 Å². The van der Waals surface area contributed by atoms with Gasteiger partial charge in [-0.3, -0.25) is 9.98 Å². The first kappa shape index (κ1) is 24.7. The first-order chi connectivity index (χ1) is 14.1. The first-order valence-corrected chi connectivity index (χ1v) is 16.7. The van der Waals surface area contributed by atoms with Crippen molar-refractivity contribution >= 4 is 99.9 Å². The zero-order valence-electron chi connectivity index (χ0n) is 16.8. The van der Waals surface area contributed by atoms with E-state index in [2.05, 4.69) is 123 Å². The molecular weight excluding hydrogens is 756 g/mol. The van der Waals surface area contributed by atoms with E-state index in [1.165, 1.54) is 11.6 Å². The van der Waals surface area contributed by atoms with E-state index in [-0.39, 0.29) is 0 Å². The number of rotatable bonds is 5. The molecule has 0 saturated heterocycles. The monoisotopic (exact) mass is 775 g/mol. The number of nitrogens with zero attached hydrogens (tertiary/aromatic N) is 5. The molecule has 0 fully saturated rings. The molecule has 0 amide bonds. The summed E-state index contributed by atoms with van der Waals surface area (Å²) in [5.74, 6) is 0. The fourth-order valence-electron chi connectivity index (χ4n) is 2.62. The number of hydrogen-bond donors (Lipinski definition) is 0. The SMILES string of the molecule is Brc1cnc2c(c1)C(I)=NC2.C[Si](C)(C)CCOCn1nc(I)c2cc(Br)cnc21. The molecule has 1 aliphatic heterocycles. The van der Waals surface area contributed by atoms with Crippen LogP contribution in [0.2, 0.25) is 25.7 Å². The van der Waals surface area contributed by atoms with E-state index in [9.17, 15) is 0 Å². The predicted molar refractivity (Wildman–Crippen MR) is 148 cm³/mol. The Bertz CT molecular complexity index is 1080. The number of halogens is 4. The van der Waals surface area contributed by atoms with Crippen molar-refractivity contribution in [3.05, 3.63) is 48.4 Å². The highest BCUT2D eigenvalue weighted by atomic mass is 127. The van der Waals surface area contributed by atoms with Crippen LogP contribution < -0.4 is 0 Å². The van der Waals surface area contributed by atoms with Gasteiger partial charge in [0.05, 0.1) is 17.6 Å². The molecule has 0 atom stereocenters. The molecular formula is C19H21Br2I2N5OSi. The first-order valence-electron chi connectivity index (χ1n) is 9.24. The molecule has 6 nitrogen and oxygen atoms in total. The minimum Gasteiger partial charge on any atom is -0.359 e. The maximum atomic E-state index is 5.73. The van der Waals surface area contributed by atoms with Crippen molar-refractivity contribution in [3.63, 3.8) is 0 Å². The molecule has 0 unspecified atom stereocenters. The molecule has 4 rings (SSSR count). The predicted octanol–water partition coefficient (Wildman–Crippen LogP) is 6.65. The molecule has 4 heterocycles. The molecule has 0 N–H and O–H groups in total. The fourth-order valence-corrected chi connectivity index (χ4v) is 5.33. The topological polar surface area (TPSA) is 65.2 Å². The summed E-state index contributed by atoms with van der Waals surface area (Å²) in [4.78, 5) is 12.9. The average Bonchev–Trinajstić information content (AvgIpc) is 3.19. The molecule has 0 saturated carbocycles. The minimum absolute atomic E-state index is 0.471. The van der Waals surface area contributed by atoms with E-state index in [0.29, 0.717) is 6.73 Å². The summed E-state index contributed by atoms with van der Waals surface area (Å²) in [6, 6.07) is 5.26. The Morgan fingerprint density at radius 3 is 2.53 bits per heavy atom. The van der Waals surface area contributed by atoms with Crippen LogP contribution in [-0.4, -0.2) is 38.1 Å². The lowest BCUT2D eigenvalue weighted by Gasteiger charge is -2.15. The van der Waals surface area contributed by atoms with Gasteiger partial charge in [0.2, 0.25) is 0 Å². The average molecular weight is 777 g/mol. The maximum Gasteiger partial charge on any atom is 0.161 e. The van der Waals surface area contributed by atoms with E-state index in [0.717, 1.165) is 46.2 Å². The van der Waals surface area contributed by atoms with Crippen LogP contribution in [0.5, 0.6) is 0 Å². The van der Waals surface area contributed by atoms with Gasteiger partial charge in [-0.2, -0.15) is 5.10 Å². The van der Waals surface area contributed by atoms with Crippen LogP contribution >= 0.6 is 77.0 Å².